The van der Waals surface area contributed by atoms with Crippen LogP contribution in [-0.4, -0.2) is 13.1 Å². The SMILES string of the molecule is Cc1ccc(F)c(/C=C(/CNCC(C)C)C(C)C)c1. The molecule has 1 aromatic carbocycles. The first-order chi connectivity index (χ1) is 8.90. The second kappa shape index (κ2) is 7.44. The largest absolute Gasteiger partial charge is 0.313 e. The Balaban J connectivity index is 2.85. The van der Waals surface area contributed by atoms with Crippen LogP contribution in [0.1, 0.15) is 38.8 Å². The first-order valence-corrected chi connectivity index (χ1v) is 7.07. The highest BCUT2D eigenvalue weighted by atomic mass is 19.1. The molecule has 0 aliphatic carbocycles. The van der Waals surface area contributed by atoms with Crippen LogP contribution in [0, 0.1) is 24.6 Å². The molecule has 106 valence electrons. The first kappa shape index (κ1) is 15.9. The van der Waals surface area contributed by atoms with Crippen LogP contribution < -0.4 is 5.32 Å². The van der Waals surface area contributed by atoms with Gasteiger partial charge in [0.25, 0.3) is 0 Å². The van der Waals surface area contributed by atoms with Gasteiger partial charge in [-0.05, 0) is 37.4 Å². The molecular weight excluding hydrogens is 237 g/mol. The van der Waals surface area contributed by atoms with Gasteiger partial charge in [0, 0.05) is 12.1 Å². The number of halogens is 1. The molecule has 0 bridgehead atoms. The summed E-state index contributed by atoms with van der Waals surface area (Å²) < 4.78 is 13.8. The van der Waals surface area contributed by atoms with Crippen LogP contribution in [0.5, 0.6) is 0 Å². The van der Waals surface area contributed by atoms with Gasteiger partial charge in [-0.2, -0.15) is 0 Å². The molecular formula is C17H26FN. The van der Waals surface area contributed by atoms with E-state index < -0.39 is 0 Å². The third-order valence-corrected chi connectivity index (χ3v) is 3.12. The minimum Gasteiger partial charge on any atom is -0.313 e. The molecule has 0 saturated carbocycles. The number of aryl methyl sites for hydroxylation is 1. The molecule has 0 atom stereocenters. The fraction of sp³-hybridized carbons (Fsp3) is 0.529. The van der Waals surface area contributed by atoms with Gasteiger partial charge >= 0.3 is 0 Å². The molecule has 0 unspecified atom stereocenters. The van der Waals surface area contributed by atoms with Crippen molar-refractivity contribution in [2.75, 3.05) is 13.1 Å². The minimum atomic E-state index is -0.146. The second-order valence-corrected chi connectivity index (χ2v) is 5.92. The van der Waals surface area contributed by atoms with Crippen molar-refractivity contribution in [1.29, 1.82) is 0 Å². The van der Waals surface area contributed by atoms with Crippen LogP contribution in [-0.2, 0) is 0 Å². The zero-order valence-electron chi connectivity index (χ0n) is 12.8. The van der Waals surface area contributed by atoms with E-state index in [4.69, 9.17) is 0 Å². The van der Waals surface area contributed by atoms with E-state index in [-0.39, 0.29) is 5.82 Å². The fourth-order valence-corrected chi connectivity index (χ4v) is 1.90. The van der Waals surface area contributed by atoms with Crippen molar-refractivity contribution in [2.45, 2.75) is 34.6 Å². The Morgan fingerprint density at radius 3 is 2.53 bits per heavy atom. The van der Waals surface area contributed by atoms with Gasteiger partial charge in [0.15, 0.2) is 0 Å². The number of hydrogen-bond acceptors (Lipinski definition) is 1. The monoisotopic (exact) mass is 263 g/mol. The quantitative estimate of drug-likeness (QED) is 0.801. The molecule has 0 aliphatic rings. The van der Waals surface area contributed by atoms with Crippen molar-refractivity contribution in [3.63, 3.8) is 0 Å². The van der Waals surface area contributed by atoms with Crippen molar-refractivity contribution < 1.29 is 4.39 Å². The molecule has 0 spiro atoms. The zero-order valence-corrected chi connectivity index (χ0v) is 12.8. The number of hydrogen-bond donors (Lipinski definition) is 1. The summed E-state index contributed by atoms with van der Waals surface area (Å²) in [5, 5.41) is 3.43. The lowest BCUT2D eigenvalue weighted by molar-refractivity contribution is 0.558. The van der Waals surface area contributed by atoms with E-state index in [2.05, 4.69) is 33.0 Å². The fourth-order valence-electron chi connectivity index (χ4n) is 1.90. The number of rotatable bonds is 6. The first-order valence-electron chi connectivity index (χ1n) is 7.07. The van der Waals surface area contributed by atoms with Crippen LogP contribution >= 0.6 is 0 Å². The van der Waals surface area contributed by atoms with E-state index in [1.807, 2.05) is 19.1 Å². The van der Waals surface area contributed by atoms with Crippen molar-refractivity contribution in [3.8, 4) is 0 Å². The van der Waals surface area contributed by atoms with E-state index in [1.54, 1.807) is 12.1 Å². The standard InChI is InChI=1S/C17H26FN/c1-12(2)10-19-11-16(13(3)4)9-15-8-14(5)6-7-17(15)18/h6-9,12-13,19H,10-11H2,1-5H3/b16-9-. The summed E-state index contributed by atoms with van der Waals surface area (Å²) in [6.07, 6.45) is 1.99. The van der Waals surface area contributed by atoms with E-state index in [0.717, 1.165) is 18.7 Å². The number of nitrogens with one attached hydrogen (secondary N) is 1. The minimum absolute atomic E-state index is 0.146. The van der Waals surface area contributed by atoms with Crippen LogP contribution in [0.2, 0.25) is 0 Å². The predicted molar refractivity (Wildman–Crippen MR) is 81.7 cm³/mol. The van der Waals surface area contributed by atoms with Crippen LogP contribution in [0.4, 0.5) is 4.39 Å². The summed E-state index contributed by atoms with van der Waals surface area (Å²) in [5.41, 5.74) is 3.02. The van der Waals surface area contributed by atoms with Crippen molar-refractivity contribution in [1.82, 2.24) is 5.32 Å². The summed E-state index contributed by atoms with van der Waals surface area (Å²) in [5.74, 6) is 0.899. The Bertz CT molecular complexity index is 433. The van der Waals surface area contributed by atoms with Gasteiger partial charge in [0.05, 0.1) is 0 Å². The Kier molecular flexibility index (Phi) is 6.23. The highest BCUT2D eigenvalue weighted by molar-refractivity contribution is 5.55. The van der Waals surface area contributed by atoms with Gasteiger partial charge in [-0.3, -0.25) is 0 Å². The predicted octanol–water partition coefficient (Wildman–Crippen LogP) is 4.42. The average Bonchev–Trinajstić information content (AvgIpc) is 2.31. The maximum absolute atomic E-state index is 13.8. The van der Waals surface area contributed by atoms with Gasteiger partial charge in [-0.25, -0.2) is 4.39 Å². The zero-order chi connectivity index (χ0) is 14.4. The smallest absolute Gasteiger partial charge is 0.130 e. The molecule has 0 aromatic heterocycles. The Hall–Kier alpha value is -1.15. The molecule has 19 heavy (non-hydrogen) atoms. The molecule has 2 heteroatoms. The van der Waals surface area contributed by atoms with E-state index >= 15 is 0 Å². The topological polar surface area (TPSA) is 12.0 Å². The molecule has 1 nitrogen and oxygen atoms in total. The highest BCUT2D eigenvalue weighted by Gasteiger charge is 2.06. The van der Waals surface area contributed by atoms with Gasteiger partial charge in [0.1, 0.15) is 5.82 Å². The molecule has 0 aliphatic heterocycles. The third-order valence-electron chi connectivity index (χ3n) is 3.12. The average molecular weight is 263 g/mol. The van der Waals surface area contributed by atoms with E-state index in [9.17, 15) is 4.39 Å². The van der Waals surface area contributed by atoms with Gasteiger partial charge < -0.3 is 5.32 Å². The summed E-state index contributed by atoms with van der Waals surface area (Å²) in [7, 11) is 0. The molecule has 0 fully saturated rings. The lowest BCUT2D eigenvalue weighted by Crippen LogP contribution is -2.23. The van der Waals surface area contributed by atoms with Crippen LogP contribution in [0.25, 0.3) is 6.08 Å². The van der Waals surface area contributed by atoms with E-state index in [0.29, 0.717) is 17.4 Å². The summed E-state index contributed by atoms with van der Waals surface area (Å²) in [6, 6.07) is 5.25. The van der Waals surface area contributed by atoms with Crippen molar-refractivity contribution in [3.05, 3.63) is 40.7 Å². The molecule has 1 aromatic rings. The lowest BCUT2D eigenvalue weighted by Gasteiger charge is -2.14. The van der Waals surface area contributed by atoms with Crippen LogP contribution in [0.15, 0.2) is 23.8 Å². The van der Waals surface area contributed by atoms with Gasteiger partial charge in [-0.15, -0.1) is 0 Å². The Morgan fingerprint density at radius 2 is 1.95 bits per heavy atom. The maximum Gasteiger partial charge on any atom is 0.130 e. The van der Waals surface area contributed by atoms with Gasteiger partial charge in [-0.1, -0.05) is 51.0 Å². The molecule has 0 saturated heterocycles. The molecule has 0 amide bonds. The van der Waals surface area contributed by atoms with Crippen LogP contribution in [0.3, 0.4) is 0 Å². The molecule has 1 rings (SSSR count). The second-order valence-electron chi connectivity index (χ2n) is 5.92. The van der Waals surface area contributed by atoms with Crippen molar-refractivity contribution >= 4 is 6.08 Å². The highest BCUT2D eigenvalue weighted by Crippen LogP contribution is 2.18. The lowest BCUT2D eigenvalue weighted by atomic mass is 9.99. The molecule has 0 heterocycles. The molecule has 1 N–H and O–H groups in total. The summed E-state index contributed by atoms with van der Waals surface area (Å²) in [4.78, 5) is 0. The summed E-state index contributed by atoms with van der Waals surface area (Å²) in [6.45, 7) is 12.5. The number of benzene rings is 1. The molecule has 0 radical (unpaired) electrons. The normalized spacial score (nSPS) is 12.5. The maximum atomic E-state index is 13.8. The Morgan fingerprint density at radius 1 is 1.26 bits per heavy atom. The van der Waals surface area contributed by atoms with Crippen molar-refractivity contribution in [2.24, 2.45) is 11.8 Å². The van der Waals surface area contributed by atoms with Gasteiger partial charge in [0.2, 0.25) is 0 Å². The Labute approximate surface area is 116 Å². The third kappa shape index (κ3) is 5.56. The van der Waals surface area contributed by atoms with E-state index in [1.165, 1.54) is 5.57 Å². The summed E-state index contributed by atoms with van der Waals surface area (Å²) >= 11 is 0.